The number of hydrogen-bond acceptors (Lipinski definition) is 8. The fraction of sp³-hybridized carbons (Fsp3) is 0.280. The number of methoxy groups -OCH3 is 1. The summed E-state index contributed by atoms with van der Waals surface area (Å²) in [6.07, 6.45) is 1.64. The number of nitrogens with one attached hydrogen (secondary N) is 5. The summed E-state index contributed by atoms with van der Waals surface area (Å²) < 4.78 is 24.7. The summed E-state index contributed by atoms with van der Waals surface area (Å²) >= 11 is 0. The van der Waals surface area contributed by atoms with Gasteiger partial charge in [-0.25, -0.2) is 9.18 Å². The number of urea groups is 1. The molecule has 1 saturated heterocycles. The van der Waals surface area contributed by atoms with E-state index >= 15 is 0 Å². The molecule has 202 valence electrons. The Bertz CT molecular complexity index is 1540. The topological polar surface area (TPSA) is 176 Å². The monoisotopic (exact) mass is 536 g/mol. The molecule has 2 aromatic carbocycles. The maximum atomic E-state index is 14.7. The quantitative estimate of drug-likeness (QED) is 0.228. The molecule has 5 N–H and O–H groups in total. The highest BCUT2D eigenvalue weighted by atomic mass is 19.1. The van der Waals surface area contributed by atoms with Crippen LogP contribution in [0.4, 0.5) is 14.9 Å². The first kappa shape index (κ1) is 25.8. The number of benzene rings is 2. The maximum absolute atomic E-state index is 14.7. The van der Waals surface area contributed by atoms with Crippen molar-refractivity contribution in [2.45, 2.75) is 32.2 Å². The van der Waals surface area contributed by atoms with E-state index in [9.17, 15) is 18.8 Å². The average molecular weight is 537 g/mol. The smallest absolute Gasteiger partial charge is 0.315 e. The van der Waals surface area contributed by atoms with Gasteiger partial charge in [0, 0.05) is 24.2 Å². The summed E-state index contributed by atoms with van der Waals surface area (Å²) in [4.78, 5) is 42.7. The van der Waals surface area contributed by atoms with Crippen molar-refractivity contribution in [2.75, 3.05) is 12.4 Å². The minimum atomic E-state index is -0.842. The molecule has 0 bridgehead atoms. The van der Waals surface area contributed by atoms with Crippen molar-refractivity contribution in [1.82, 2.24) is 36.3 Å². The second kappa shape index (κ2) is 10.9. The van der Waals surface area contributed by atoms with E-state index in [0.29, 0.717) is 17.1 Å². The standard InChI is InChI=1S/C25H25FN8O5/c1-12-21(24(36)30-15-4-6-18-14(7-15)9-28-33-18)22(32-25(37)29-12)13-3-5-17(26)16(8-13)23(35)27-10-20-31-19(11-38-2)34-39-20/h3-9,12,21-22H,10-11H2,1-2H3,(H,27,35)(H,28,33)(H,30,36)(H2,29,32,37)/t12-,21+,22-/m0/s1. The third-order valence-electron chi connectivity index (χ3n) is 6.33. The van der Waals surface area contributed by atoms with E-state index in [-0.39, 0.29) is 30.5 Å². The highest BCUT2D eigenvalue weighted by molar-refractivity contribution is 5.97. The largest absolute Gasteiger partial charge is 0.377 e. The second-order valence-corrected chi connectivity index (χ2v) is 9.03. The molecule has 4 aromatic rings. The molecule has 0 radical (unpaired) electrons. The average Bonchev–Trinajstić information content (AvgIpc) is 3.56. The van der Waals surface area contributed by atoms with Crippen molar-refractivity contribution in [3.8, 4) is 0 Å². The molecular formula is C25H25FN8O5. The number of aromatic nitrogens is 4. The van der Waals surface area contributed by atoms with Crippen LogP contribution in [0.25, 0.3) is 10.9 Å². The van der Waals surface area contributed by atoms with E-state index < -0.39 is 35.8 Å². The Hall–Kier alpha value is -4.85. The van der Waals surface area contributed by atoms with Crippen molar-refractivity contribution in [3.63, 3.8) is 0 Å². The minimum Gasteiger partial charge on any atom is -0.377 e. The van der Waals surface area contributed by atoms with Crippen LogP contribution in [0.1, 0.15) is 40.6 Å². The number of ether oxygens (including phenoxy) is 1. The predicted molar refractivity (Wildman–Crippen MR) is 135 cm³/mol. The van der Waals surface area contributed by atoms with Crippen LogP contribution in [0.2, 0.25) is 0 Å². The third kappa shape index (κ3) is 5.55. The number of hydrogen-bond donors (Lipinski definition) is 5. The lowest BCUT2D eigenvalue weighted by atomic mass is 9.84. The fourth-order valence-corrected chi connectivity index (χ4v) is 4.48. The Kier molecular flexibility index (Phi) is 7.19. The number of rotatable bonds is 8. The summed E-state index contributed by atoms with van der Waals surface area (Å²) in [7, 11) is 1.48. The van der Waals surface area contributed by atoms with E-state index in [1.54, 1.807) is 31.3 Å². The van der Waals surface area contributed by atoms with E-state index in [1.807, 2.05) is 0 Å². The summed E-state index contributed by atoms with van der Waals surface area (Å²) in [5.41, 5.74) is 1.48. The molecule has 0 aliphatic carbocycles. The Labute approximate surface area is 220 Å². The summed E-state index contributed by atoms with van der Waals surface area (Å²) in [5.74, 6) is -2.24. The number of anilines is 1. The highest BCUT2D eigenvalue weighted by Crippen LogP contribution is 2.31. The third-order valence-corrected chi connectivity index (χ3v) is 6.33. The SMILES string of the molecule is COCc1noc(CNC(=O)c2cc([C@@H]3NC(=O)N[C@@H](C)[C@H]3C(=O)Nc3ccc4[nH]ncc4c3)ccc2F)n1. The van der Waals surface area contributed by atoms with Crippen LogP contribution < -0.4 is 21.3 Å². The first-order valence-electron chi connectivity index (χ1n) is 12.0. The number of H-pyrrole nitrogens is 1. The molecule has 13 nitrogen and oxygen atoms in total. The zero-order valence-electron chi connectivity index (χ0n) is 20.9. The van der Waals surface area contributed by atoms with Crippen molar-refractivity contribution in [3.05, 3.63) is 71.3 Å². The lowest BCUT2D eigenvalue weighted by Gasteiger charge is -2.37. The molecule has 3 atom stereocenters. The number of nitrogens with zero attached hydrogens (tertiary/aromatic N) is 3. The Morgan fingerprint density at radius 1 is 1.18 bits per heavy atom. The lowest BCUT2D eigenvalue weighted by Crippen LogP contribution is -2.58. The fourth-order valence-electron chi connectivity index (χ4n) is 4.48. The second-order valence-electron chi connectivity index (χ2n) is 9.03. The van der Waals surface area contributed by atoms with E-state index in [0.717, 1.165) is 17.0 Å². The number of halogens is 1. The van der Waals surface area contributed by atoms with E-state index in [1.165, 1.54) is 19.2 Å². The van der Waals surface area contributed by atoms with Gasteiger partial charge in [0.2, 0.25) is 11.8 Å². The summed E-state index contributed by atoms with van der Waals surface area (Å²) in [6.45, 7) is 1.71. The molecule has 1 fully saturated rings. The van der Waals surface area contributed by atoms with Gasteiger partial charge in [-0.15, -0.1) is 0 Å². The van der Waals surface area contributed by atoms with Crippen LogP contribution in [0, 0.1) is 11.7 Å². The van der Waals surface area contributed by atoms with Crippen LogP contribution in [-0.4, -0.2) is 51.3 Å². The lowest BCUT2D eigenvalue weighted by molar-refractivity contribution is -0.121. The first-order chi connectivity index (χ1) is 18.8. The molecule has 0 spiro atoms. The molecule has 3 heterocycles. The van der Waals surface area contributed by atoms with E-state index in [4.69, 9.17) is 9.26 Å². The van der Waals surface area contributed by atoms with Crippen molar-refractivity contribution in [1.29, 1.82) is 0 Å². The minimum absolute atomic E-state index is 0.122. The Morgan fingerprint density at radius 2 is 2.03 bits per heavy atom. The molecule has 1 aliphatic rings. The molecule has 1 aliphatic heterocycles. The Morgan fingerprint density at radius 3 is 2.85 bits per heavy atom. The molecule has 39 heavy (non-hydrogen) atoms. The predicted octanol–water partition coefficient (Wildman–Crippen LogP) is 2.16. The van der Waals surface area contributed by atoms with Gasteiger partial charge in [0.15, 0.2) is 5.82 Å². The molecule has 14 heteroatoms. The summed E-state index contributed by atoms with van der Waals surface area (Å²) in [6, 6.07) is 7.26. The molecule has 0 saturated carbocycles. The van der Waals surface area contributed by atoms with Gasteiger partial charge in [-0.3, -0.25) is 14.7 Å². The number of amides is 4. The number of fused-ring (bicyclic) bond motifs is 1. The van der Waals surface area contributed by atoms with Gasteiger partial charge in [0.05, 0.1) is 35.8 Å². The molecule has 2 aromatic heterocycles. The van der Waals surface area contributed by atoms with Crippen LogP contribution in [-0.2, 0) is 22.7 Å². The van der Waals surface area contributed by atoms with Crippen LogP contribution in [0.3, 0.4) is 0 Å². The molecular weight excluding hydrogens is 511 g/mol. The van der Waals surface area contributed by atoms with Gasteiger partial charge < -0.3 is 30.5 Å². The summed E-state index contributed by atoms with van der Waals surface area (Å²) in [5, 5.41) is 22.2. The zero-order valence-corrected chi connectivity index (χ0v) is 20.9. The van der Waals surface area contributed by atoms with Gasteiger partial charge in [-0.2, -0.15) is 10.1 Å². The van der Waals surface area contributed by atoms with Gasteiger partial charge in [-0.1, -0.05) is 11.2 Å². The number of aromatic amines is 1. The van der Waals surface area contributed by atoms with Crippen LogP contribution in [0.15, 0.2) is 47.1 Å². The number of carbonyl (C=O) groups excluding carboxylic acids is 3. The normalized spacial score (nSPS) is 18.8. The van der Waals surface area contributed by atoms with Gasteiger partial charge >= 0.3 is 6.03 Å². The van der Waals surface area contributed by atoms with Gasteiger partial charge in [0.1, 0.15) is 12.4 Å². The van der Waals surface area contributed by atoms with Gasteiger partial charge in [0.25, 0.3) is 5.91 Å². The van der Waals surface area contributed by atoms with Crippen molar-refractivity contribution < 1.29 is 28.0 Å². The molecule has 5 rings (SSSR count). The Balaban J connectivity index is 1.35. The first-order valence-corrected chi connectivity index (χ1v) is 12.0. The van der Waals surface area contributed by atoms with Crippen molar-refractivity contribution in [2.24, 2.45) is 5.92 Å². The van der Waals surface area contributed by atoms with Crippen molar-refractivity contribution >= 4 is 34.4 Å². The highest BCUT2D eigenvalue weighted by Gasteiger charge is 2.40. The number of carbonyl (C=O) groups is 3. The zero-order chi connectivity index (χ0) is 27.5. The molecule has 0 unspecified atom stereocenters. The molecule has 4 amide bonds. The van der Waals surface area contributed by atoms with Crippen LogP contribution >= 0.6 is 0 Å². The van der Waals surface area contributed by atoms with E-state index in [2.05, 4.69) is 41.6 Å². The van der Waals surface area contributed by atoms with Gasteiger partial charge in [-0.05, 0) is 42.8 Å². The van der Waals surface area contributed by atoms with Crippen LogP contribution in [0.5, 0.6) is 0 Å². The maximum Gasteiger partial charge on any atom is 0.315 e.